The number of rotatable bonds is 2. The van der Waals surface area contributed by atoms with Gasteiger partial charge in [0.25, 0.3) is 0 Å². The summed E-state index contributed by atoms with van der Waals surface area (Å²) in [7, 11) is 0. The number of benzene rings is 1. The van der Waals surface area contributed by atoms with Crippen LogP contribution in [-0.4, -0.2) is 11.7 Å². The Morgan fingerprint density at radius 1 is 1.50 bits per heavy atom. The number of phenols is 1. The van der Waals surface area contributed by atoms with Crippen molar-refractivity contribution in [2.45, 2.75) is 6.04 Å². The molecule has 0 fully saturated rings. The summed E-state index contributed by atoms with van der Waals surface area (Å²) in [5.74, 6) is 0.132. The quantitative estimate of drug-likeness (QED) is 0.646. The topological polar surface area (TPSA) is 72.3 Å². The van der Waals surface area contributed by atoms with E-state index in [4.69, 9.17) is 28.2 Å². The van der Waals surface area contributed by atoms with Crippen LogP contribution in [0.5, 0.6) is 5.75 Å². The SMILES string of the molecule is NC[C@H](N)c1ccc(O)cc1Cl. The molecule has 0 saturated heterocycles. The van der Waals surface area contributed by atoms with Gasteiger partial charge in [0.15, 0.2) is 0 Å². The van der Waals surface area contributed by atoms with Crippen LogP contribution in [0.15, 0.2) is 18.2 Å². The average Bonchev–Trinajstić information content (AvgIpc) is 2.03. The molecule has 4 heteroatoms. The highest BCUT2D eigenvalue weighted by molar-refractivity contribution is 6.31. The van der Waals surface area contributed by atoms with Gasteiger partial charge in [0, 0.05) is 17.6 Å². The molecular formula is C8H11ClN2O. The molecule has 0 bridgehead atoms. The molecule has 0 spiro atoms. The van der Waals surface area contributed by atoms with Crippen LogP contribution in [-0.2, 0) is 0 Å². The van der Waals surface area contributed by atoms with Crippen molar-refractivity contribution in [1.82, 2.24) is 0 Å². The third-order valence-corrected chi connectivity index (χ3v) is 1.96. The third-order valence-electron chi connectivity index (χ3n) is 1.64. The van der Waals surface area contributed by atoms with Gasteiger partial charge in [-0.1, -0.05) is 17.7 Å². The van der Waals surface area contributed by atoms with Gasteiger partial charge in [-0.05, 0) is 17.7 Å². The fraction of sp³-hybridized carbons (Fsp3) is 0.250. The van der Waals surface area contributed by atoms with Crippen LogP contribution in [0.2, 0.25) is 5.02 Å². The molecule has 3 nitrogen and oxygen atoms in total. The van der Waals surface area contributed by atoms with Crippen LogP contribution in [0.25, 0.3) is 0 Å². The highest BCUT2D eigenvalue weighted by atomic mass is 35.5. The molecular weight excluding hydrogens is 176 g/mol. The fourth-order valence-corrected chi connectivity index (χ4v) is 1.26. The lowest BCUT2D eigenvalue weighted by atomic mass is 10.1. The Balaban J connectivity index is 3.01. The van der Waals surface area contributed by atoms with Crippen LogP contribution >= 0.6 is 11.6 Å². The Hall–Kier alpha value is -0.770. The number of halogens is 1. The van der Waals surface area contributed by atoms with E-state index in [1.54, 1.807) is 6.07 Å². The molecule has 0 aliphatic heterocycles. The smallest absolute Gasteiger partial charge is 0.117 e. The first kappa shape index (κ1) is 9.32. The second kappa shape index (κ2) is 3.76. The highest BCUT2D eigenvalue weighted by Gasteiger charge is 2.07. The molecule has 0 radical (unpaired) electrons. The van der Waals surface area contributed by atoms with Crippen molar-refractivity contribution in [3.05, 3.63) is 28.8 Å². The third kappa shape index (κ3) is 1.88. The molecule has 0 unspecified atom stereocenters. The van der Waals surface area contributed by atoms with Crippen molar-refractivity contribution >= 4 is 11.6 Å². The van der Waals surface area contributed by atoms with Crippen LogP contribution < -0.4 is 11.5 Å². The largest absolute Gasteiger partial charge is 0.508 e. The second-order valence-corrected chi connectivity index (χ2v) is 2.96. The van der Waals surface area contributed by atoms with Crippen LogP contribution in [0.1, 0.15) is 11.6 Å². The summed E-state index contributed by atoms with van der Waals surface area (Å²) in [6.07, 6.45) is 0. The lowest BCUT2D eigenvalue weighted by Gasteiger charge is -2.10. The van der Waals surface area contributed by atoms with Gasteiger partial charge in [0.2, 0.25) is 0 Å². The van der Waals surface area contributed by atoms with Crippen LogP contribution in [0.3, 0.4) is 0 Å². The Labute approximate surface area is 75.9 Å². The predicted molar refractivity (Wildman–Crippen MR) is 49.1 cm³/mol. The molecule has 66 valence electrons. The fourth-order valence-electron chi connectivity index (χ4n) is 0.944. The van der Waals surface area contributed by atoms with Crippen molar-refractivity contribution in [2.24, 2.45) is 11.5 Å². The second-order valence-electron chi connectivity index (χ2n) is 2.55. The molecule has 0 saturated carbocycles. The Morgan fingerprint density at radius 3 is 2.67 bits per heavy atom. The number of phenolic OH excluding ortho intramolecular Hbond substituents is 1. The zero-order valence-corrected chi connectivity index (χ0v) is 7.25. The molecule has 0 aliphatic carbocycles. The van der Waals surface area contributed by atoms with Gasteiger partial charge >= 0.3 is 0 Å². The molecule has 1 aromatic carbocycles. The maximum Gasteiger partial charge on any atom is 0.117 e. The molecule has 5 N–H and O–H groups in total. The van der Waals surface area contributed by atoms with Gasteiger partial charge in [0.1, 0.15) is 5.75 Å². The summed E-state index contributed by atoms with van der Waals surface area (Å²) in [5, 5.41) is 9.49. The summed E-state index contributed by atoms with van der Waals surface area (Å²) in [6.45, 7) is 0.338. The molecule has 0 aromatic heterocycles. The van der Waals surface area contributed by atoms with Crippen LogP contribution in [0, 0.1) is 0 Å². The van der Waals surface area contributed by atoms with Gasteiger partial charge < -0.3 is 16.6 Å². The first-order valence-corrected chi connectivity index (χ1v) is 3.97. The summed E-state index contributed by atoms with van der Waals surface area (Å²) in [5.41, 5.74) is 11.8. The summed E-state index contributed by atoms with van der Waals surface area (Å²) >= 11 is 5.81. The van der Waals surface area contributed by atoms with Crippen LogP contribution in [0.4, 0.5) is 0 Å². The molecule has 1 rings (SSSR count). The molecule has 0 amide bonds. The van der Waals surface area contributed by atoms with Crippen molar-refractivity contribution in [3.8, 4) is 5.75 Å². The number of nitrogens with two attached hydrogens (primary N) is 2. The van der Waals surface area contributed by atoms with E-state index in [1.165, 1.54) is 12.1 Å². The van der Waals surface area contributed by atoms with Crippen molar-refractivity contribution < 1.29 is 5.11 Å². The van der Waals surface area contributed by atoms with Gasteiger partial charge in [-0.25, -0.2) is 0 Å². The van der Waals surface area contributed by atoms with E-state index >= 15 is 0 Å². The first-order chi connectivity index (χ1) is 5.65. The van der Waals surface area contributed by atoms with Crippen molar-refractivity contribution in [1.29, 1.82) is 0 Å². The molecule has 0 heterocycles. The normalized spacial score (nSPS) is 12.9. The van der Waals surface area contributed by atoms with Gasteiger partial charge in [-0.2, -0.15) is 0 Å². The molecule has 12 heavy (non-hydrogen) atoms. The zero-order chi connectivity index (χ0) is 9.14. The van der Waals surface area contributed by atoms with E-state index in [9.17, 15) is 0 Å². The van der Waals surface area contributed by atoms with Crippen molar-refractivity contribution in [2.75, 3.05) is 6.54 Å². The minimum absolute atomic E-state index is 0.132. The summed E-state index contributed by atoms with van der Waals surface area (Å²) < 4.78 is 0. The van der Waals surface area contributed by atoms with Gasteiger partial charge in [-0.3, -0.25) is 0 Å². The lowest BCUT2D eigenvalue weighted by molar-refractivity contribution is 0.475. The molecule has 1 atom stereocenters. The standard InChI is InChI=1S/C8H11ClN2O/c9-7-3-5(12)1-2-6(7)8(11)4-10/h1-3,8,12H,4,10-11H2/t8-/m0/s1. The first-order valence-electron chi connectivity index (χ1n) is 3.59. The minimum Gasteiger partial charge on any atom is -0.508 e. The zero-order valence-electron chi connectivity index (χ0n) is 6.50. The van der Waals surface area contributed by atoms with Gasteiger partial charge in [-0.15, -0.1) is 0 Å². The summed E-state index contributed by atoms with van der Waals surface area (Å²) in [4.78, 5) is 0. The number of hydrogen-bond acceptors (Lipinski definition) is 3. The Kier molecular flexibility index (Phi) is 2.92. The lowest BCUT2D eigenvalue weighted by Crippen LogP contribution is -2.20. The van der Waals surface area contributed by atoms with Gasteiger partial charge in [0.05, 0.1) is 0 Å². The number of aromatic hydroxyl groups is 1. The minimum atomic E-state index is -0.266. The molecule has 1 aromatic rings. The van der Waals surface area contributed by atoms with E-state index in [1.807, 2.05) is 0 Å². The summed E-state index contributed by atoms with van der Waals surface area (Å²) in [6, 6.07) is 4.40. The number of hydrogen-bond donors (Lipinski definition) is 3. The Bertz CT molecular complexity index is 278. The van der Waals surface area contributed by atoms with E-state index in [0.717, 1.165) is 5.56 Å². The van der Waals surface area contributed by atoms with E-state index in [2.05, 4.69) is 0 Å². The van der Waals surface area contributed by atoms with E-state index in [0.29, 0.717) is 11.6 Å². The Morgan fingerprint density at radius 2 is 2.17 bits per heavy atom. The van der Waals surface area contributed by atoms with Crippen molar-refractivity contribution in [3.63, 3.8) is 0 Å². The van der Waals surface area contributed by atoms with E-state index < -0.39 is 0 Å². The monoisotopic (exact) mass is 186 g/mol. The predicted octanol–water partition coefficient (Wildman–Crippen LogP) is 1.00. The maximum absolute atomic E-state index is 9.04. The molecule has 0 aliphatic rings. The average molecular weight is 187 g/mol. The maximum atomic E-state index is 9.04. The highest BCUT2D eigenvalue weighted by Crippen LogP contribution is 2.24. The van der Waals surface area contributed by atoms with E-state index in [-0.39, 0.29) is 11.8 Å².